The highest BCUT2D eigenvalue weighted by Gasteiger charge is 2.47. The minimum Gasteiger partial charge on any atom is -0.481 e. The Morgan fingerprint density at radius 1 is 1.26 bits per heavy atom. The largest absolute Gasteiger partial charge is 0.481 e. The average molecular weight is 464 g/mol. The van der Waals surface area contributed by atoms with Crippen LogP contribution in [0.2, 0.25) is 0 Å². The average Bonchev–Trinajstić information content (AvgIpc) is 3.44. The van der Waals surface area contributed by atoms with Gasteiger partial charge in [-0.15, -0.1) is 5.10 Å². The minimum atomic E-state index is -0.696. The summed E-state index contributed by atoms with van der Waals surface area (Å²) in [4.78, 5) is 24.4. The fraction of sp³-hybridized carbons (Fsp3) is 0.440. The van der Waals surface area contributed by atoms with Gasteiger partial charge in [0.15, 0.2) is 5.82 Å². The molecule has 4 aromatic rings. The number of pyridine rings is 1. The second-order valence-corrected chi connectivity index (χ2v) is 9.60. The van der Waals surface area contributed by atoms with E-state index in [4.69, 9.17) is 14.8 Å². The molecule has 2 atom stereocenters. The van der Waals surface area contributed by atoms with Crippen molar-refractivity contribution in [3.05, 3.63) is 47.8 Å². The van der Waals surface area contributed by atoms with Gasteiger partial charge in [-0.05, 0) is 68.1 Å². The Kier molecular flexibility index (Phi) is 5.09. The number of carboxylic acids is 1. The van der Waals surface area contributed by atoms with Crippen molar-refractivity contribution >= 4 is 22.5 Å². The number of hydrogen-bond donors (Lipinski definition) is 2. The summed E-state index contributed by atoms with van der Waals surface area (Å²) in [6.07, 6.45) is 7.64. The quantitative estimate of drug-likeness (QED) is 0.443. The number of nitrogens with one attached hydrogen (secondary N) is 1. The lowest BCUT2D eigenvalue weighted by atomic mass is 9.57. The Labute approximate surface area is 195 Å². The van der Waals surface area contributed by atoms with Gasteiger partial charge >= 0.3 is 5.97 Å². The van der Waals surface area contributed by atoms with Crippen LogP contribution in [0.15, 0.2) is 30.6 Å². The summed E-state index contributed by atoms with van der Waals surface area (Å²) in [5, 5.41) is 15.4. The number of H-pyrrole nitrogens is 1. The van der Waals surface area contributed by atoms with Crippen molar-refractivity contribution in [3.8, 4) is 11.4 Å². The first-order chi connectivity index (χ1) is 16.5. The number of nitrogens with zero attached hydrogens (tertiary/aromatic N) is 4. The molecule has 2 bridgehead atoms. The number of aromatic amines is 1. The summed E-state index contributed by atoms with van der Waals surface area (Å²) in [6.45, 7) is 0.375. The molecule has 0 amide bonds. The van der Waals surface area contributed by atoms with Gasteiger partial charge in [-0.3, -0.25) is 4.79 Å². The standard InChI is InChI=1S/C25H26FN5O3/c1-34-12-16-6-7-21-20(9-17-13-2-4-14(5-3-13)22(17)25(32)33)29-24(30-31(16)21)19-11-28-23-18(19)8-15(26)10-27-23/h6-8,10-11,13-14,17,22H,2-5,9,12H2,1H3,(H,27,28)(H,32,33)/t13-,14+,17-,22-/m0/s1. The van der Waals surface area contributed by atoms with Gasteiger partial charge in [-0.1, -0.05) is 0 Å². The normalized spacial score (nSPS) is 24.3. The number of methoxy groups -OCH3 is 1. The topological polar surface area (TPSA) is 105 Å². The molecule has 0 spiro atoms. The number of halogens is 1. The zero-order chi connectivity index (χ0) is 23.4. The monoisotopic (exact) mass is 463 g/mol. The number of aromatic nitrogens is 5. The van der Waals surface area contributed by atoms with Crippen LogP contribution in [0.25, 0.3) is 27.9 Å². The lowest BCUT2D eigenvalue weighted by molar-refractivity contribution is -0.152. The van der Waals surface area contributed by atoms with Crippen LogP contribution in [0, 0.1) is 29.5 Å². The lowest BCUT2D eigenvalue weighted by Gasteiger charge is -2.46. The number of rotatable bonds is 6. The SMILES string of the molecule is COCc1ccc2c(C[C@H]3[C@H]4CC[C@H](CC4)[C@@H]3C(=O)O)nc(-c3c[nH]c4ncc(F)cc34)nn12. The molecule has 7 rings (SSSR count). The molecule has 3 saturated carbocycles. The maximum Gasteiger partial charge on any atom is 0.307 e. The highest BCUT2D eigenvalue weighted by atomic mass is 19.1. The maximum atomic E-state index is 14.0. The van der Waals surface area contributed by atoms with Crippen LogP contribution in [0.4, 0.5) is 4.39 Å². The number of fused-ring (bicyclic) bond motifs is 5. The Bertz CT molecular complexity index is 1390. The van der Waals surface area contributed by atoms with E-state index < -0.39 is 11.8 Å². The molecule has 176 valence electrons. The van der Waals surface area contributed by atoms with Gasteiger partial charge < -0.3 is 14.8 Å². The third-order valence-electron chi connectivity index (χ3n) is 7.80. The van der Waals surface area contributed by atoms with Gasteiger partial charge in [0.2, 0.25) is 0 Å². The van der Waals surface area contributed by atoms with E-state index in [0.717, 1.165) is 42.6 Å². The summed E-state index contributed by atoms with van der Waals surface area (Å²) in [6, 6.07) is 5.35. The maximum absolute atomic E-state index is 14.0. The van der Waals surface area contributed by atoms with Crippen molar-refractivity contribution in [1.29, 1.82) is 0 Å². The van der Waals surface area contributed by atoms with Crippen LogP contribution in [-0.2, 0) is 22.6 Å². The Hall–Kier alpha value is -3.33. The molecule has 0 aromatic carbocycles. The summed E-state index contributed by atoms with van der Waals surface area (Å²) < 4.78 is 21.2. The van der Waals surface area contributed by atoms with Gasteiger partial charge in [0.1, 0.15) is 11.5 Å². The Balaban J connectivity index is 1.49. The fourth-order valence-corrected chi connectivity index (χ4v) is 6.27. The van der Waals surface area contributed by atoms with Crippen molar-refractivity contribution in [3.63, 3.8) is 0 Å². The molecular weight excluding hydrogens is 437 g/mol. The molecule has 0 radical (unpaired) electrons. The molecule has 3 fully saturated rings. The first-order valence-electron chi connectivity index (χ1n) is 11.8. The molecule has 34 heavy (non-hydrogen) atoms. The second kappa shape index (κ2) is 8.16. The Morgan fingerprint density at radius 2 is 2.06 bits per heavy atom. The predicted molar refractivity (Wildman–Crippen MR) is 123 cm³/mol. The minimum absolute atomic E-state index is 0.0411. The molecule has 9 heteroatoms. The van der Waals surface area contributed by atoms with Crippen molar-refractivity contribution in [2.45, 2.75) is 38.7 Å². The molecule has 4 aromatic heterocycles. The van der Waals surface area contributed by atoms with Crippen LogP contribution in [0.3, 0.4) is 0 Å². The van der Waals surface area contributed by atoms with Gasteiger partial charge in [-0.25, -0.2) is 18.9 Å². The third-order valence-corrected chi connectivity index (χ3v) is 7.80. The lowest BCUT2D eigenvalue weighted by Crippen LogP contribution is -2.45. The molecular formula is C25H26FN5O3. The molecule has 8 nitrogen and oxygen atoms in total. The number of carbonyl (C=O) groups is 1. The fourth-order valence-electron chi connectivity index (χ4n) is 6.27. The second-order valence-electron chi connectivity index (χ2n) is 9.60. The number of carboxylic acid groups (broad SMARTS) is 1. The zero-order valence-electron chi connectivity index (χ0n) is 18.9. The van der Waals surface area contributed by atoms with Crippen LogP contribution in [-0.4, -0.2) is 42.8 Å². The Morgan fingerprint density at radius 3 is 2.82 bits per heavy atom. The van der Waals surface area contributed by atoms with E-state index in [9.17, 15) is 14.3 Å². The van der Waals surface area contributed by atoms with E-state index in [2.05, 4.69) is 9.97 Å². The third kappa shape index (κ3) is 3.37. The van der Waals surface area contributed by atoms with E-state index in [-0.39, 0.29) is 17.8 Å². The van der Waals surface area contributed by atoms with E-state index in [1.165, 1.54) is 12.3 Å². The van der Waals surface area contributed by atoms with Gasteiger partial charge in [0.25, 0.3) is 0 Å². The number of aliphatic carboxylic acids is 1. The molecule has 3 aliphatic carbocycles. The molecule has 0 aliphatic heterocycles. The summed E-state index contributed by atoms with van der Waals surface area (Å²) in [5.74, 6) is -0.350. The molecule has 3 aliphatic rings. The van der Waals surface area contributed by atoms with Gasteiger partial charge in [-0.2, -0.15) is 0 Å². The van der Waals surface area contributed by atoms with Crippen molar-refractivity contribution in [2.75, 3.05) is 7.11 Å². The van der Waals surface area contributed by atoms with E-state index >= 15 is 0 Å². The number of ether oxygens (including phenoxy) is 1. The van der Waals surface area contributed by atoms with E-state index in [1.807, 2.05) is 16.6 Å². The molecule has 4 heterocycles. The summed E-state index contributed by atoms with van der Waals surface area (Å²) in [7, 11) is 1.63. The molecule has 2 N–H and O–H groups in total. The van der Waals surface area contributed by atoms with Crippen LogP contribution in [0.1, 0.15) is 37.1 Å². The van der Waals surface area contributed by atoms with Crippen molar-refractivity contribution in [1.82, 2.24) is 24.6 Å². The summed E-state index contributed by atoms with van der Waals surface area (Å²) >= 11 is 0. The smallest absolute Gasteiger partial charge is 0.307 e. The predicted octanol–water partition coefficient (Wildman–Crippen LogP) is 4.24. The highest BCUT2D eigenvalue weighted by molar-refractivity contribution is 5.91. The first kappa shape index (κ1) is 21.2. The van der Waals surface area contributed by atoms with E-state index in [1.54, 1.807) is 13.3 Å². The van der Waals surface area contributed by atoms with Gasteiger partial charge in [0.05, 0.1) is 35.6 Å². The van der Waals surface area contributed by atoms with Gasteiger partial charge in [0, 0.05) is 24.3 Å². The summed E-state index contributed by atoms with van der Waals surface area (Å²) in [5.41, 5.74) is 3.75. The van der Waals surface area contributed by atoms with Crippen LogP contribution in [0.5, 0.6) is 0 Å². The van der Waals surface area contributed by atoms with E-state index in [0.29, 0.717) is 41.4 Å². The number of hydrogen-bond acceptors (Lipinski definition) is 5. The van der Waals surface area contributed by atoms with Crippen LogP contribution >= 0.6 is 0 Å². The van der Waals surface area contributed by atoms with Crippen LogP contribution < -0.4 is 0 Å². The van der Waals surface area contributed by atoms with Crippen molar-refractivity contribution < 1.29 is 19.0 Å². The first-order valence-corrected chi connectivity index (χ1v) is 11.8. The van der Waals surface area contributed by atoms with Crippen molar-refractivity contribution in [2.24, 2.45) is 23.7 Å². The highest BCUT2D eigenvalue weighted by Crippen LogP contribution is 2.50. The molecule has 0 unspecified atom stereocenters. The molecule has 0 saturated heterocycles. The zero-order valence-corrected chi connectivity index (χ0v) is 18.9.